The van der Waals surface area contributed by atoms with Crippen molar-refractivity contribution in [3.05, 3.63) is 43.9 Å². The minimum atomic E-state index is -1.47. The minimum absolute atomic E-state index is 0.00886. The highest BCUT2D eigenvalue weighted by atomic mass is 35.5. The Morgan fingerprint density at radius 1 is 1.19 bits per heavy atom. The van der Waals surface area contributed by atoms with Crippen molar-refractivity contribution in [3.8, 4) is 0 Å². The normalized spacial score (nSPS) is 24.6. The lowest BCUT2D eigenvalue weighted by Gasteiger charge is -2.42. The smallest absolute Gasteiger partial charge is 0.315 e. The second-order valence-electron chi connectivity index (χ2n) is 7.47. The van der Waals surface area contributed by atoms with E-state index in [9.17, 15) is 14.9 Å². The molecule has 0 aromatic heterocycles. The molecule has 1 heterocycles. The molecule has 2 aliphatic rings. The van der Waals surface area contributed by atoms with Gasteiger partial charge in [0.1, 0.15) is 0 Å². The van der Waals surface area contributed by atoms with Gasteiger partial charge in [0.15, 0.2) is 0 Å². The Labute approximate surface area is 169 Å². The summed E-state index contributed by atoms with van der Waals surface area (Å²) in [5.41, 5.74) is 0.264. The molecule has 1 saturated heterocycles. The molecule has 2 fully saturated rings. The van der Waals surface area contributed by atoms with Crippen LogP contribution in [0.2, 0.25) is 10.0 Å². The molecule has 3 atom stereocenters. The number of amides is 1. The summed E-state index contributed by atoms with van der Waals surface area (Å²) in [5, 5.41) is 12.3. The summed E-state index contributed by atoms with van der Waals surface area (Å²) in [6, 6.07) is 3.25. The lowest BCUT2D eigenvalue weighted by molar-refractivity contribution is -0.515. The van der Waals surface area contributed by atoms with Gasteiger partial charge in [-0.25, -0.2) is 0 Å². The number of hydrogen-bond donors (Lipinski definition) is 0. The molecule has 1 unspecified atom stereocenters. The van der Waals surface area contributed by atoms with E-state index in [1.807, 2.05) is 0 Å². The first-order chi connectivity index (χ1) is 12.9. The van der Waals surface area contributed by atoms with E-state index < -0.39 is 16.9 Å². The van der Waals surface area contributed by atoms with Crippen molar-refractivity contribution in [3.63, 3.8) is 0 Å². The number of hydrogen-bond acceptors (Lipinski definition) is 4. The van der Waals surface area contributed by atoms with Crippen LogP contribution in [0.25, 0.3) is 0 Å². The van der Waals surface area contributed by atoms with Crippen molar-refractivity contribution in [1.82, 2.24) is 9.80 Å². The number of nitro groups is 1. The number of carbonyl (C=O) groups is 1. The average molecular weight is 414 g/mol. The van der Waals surface area contributed by atoms with Crippen LogP contribution in [-0.2, 0) is 4.79 Å². The third-order valence-corrected chi connectivity index (χ3v) is 6.59. The van der Waals surface area contributed by atoms with Crippen LogP contribution in [0, 0.1) is 10.1 Å². The Bertz CT molecular complexity index is 709. The molecule has 0 bridgehead atoms. The predicted octanol–water partition coefficient (Wildman–Crippen LogP) is 4.18. The summed E-state index contributed by atoms with van der Waals surface area (Å²) in [5.74, 6) is -0.491. The Kier molecular flexibility index (Phi) is 6.61. The summed E-state index contributed by atoms with van der Waals surface area (Å²) in [6.45, 7) is 2.10. The molecular formula is C19H25Cl2N3O3. The van der Waals surface area contributed by atoms with Gasteiger partial charge in [-0.05, 0) is 50.9 Å². The number of likely N-dealkylation sites (N-methyl/N-ethyl adjacent to an activating group) is 1. The summed E-state index contributed by atoms with van der Waals surface area (Å²) >= 11 is 11.9. The van der Waals surface area contributed by atoms with E-state index in [1.54, 1.807) is 11.9 Å². The molecule has 1 aliphatic heterocycles. The van der Waals surface area contributed by atoms with E-state index >= 15 is 0 Å². The number of rotatable bonds is 5. The SMILES string of the molecule is CN(C(=O)C(c1ccc(Cl)c(Cl)c1)[N+](=O)[O-])[C@@H]1CCCC[C@H]1N1CCCC1. The van der Waals surface area contributed by atoms with Crippen molar-refractivity contribution < 1.29 is 9.72 Å². The molecule has 0 spiro atoms. The maximum atomic E-state index is 13.1. The van der Waals surface area contributed by atoms with Gasteiger partial charge >= 0.3 is 11.9 Å². The number of carbonyl (C=O) groups excluding carboxylic acids is 1. The van der Waals surface area contributed by atoms with Crippen LogP contribution >= 0.6 is 23.2 Å². The molecule has 0 N–H and O–H groups in total. The maximum Gasteiger partial charge on any atom is 0.315 e. The number of halogens is 2. The van der Waals surface area contributed by atoms with Crippen molar-refractivity contribution in [2.45, 2.75) is 56.7 Å². The van der Waals surface area contributed by atoms with E-state index in [0.29, 0.717) is 5.02 Å². The van der Waals surface area contributed by atoms with Gasteiger partial charge in [-0.15, -0.1) is 0 Å². The highest BCUT2D eigenvalue weighted by Gasteiger charge is 2.41. The van der Waals surface area contributed by atoms with Crippen LogP contribution in [-0.4, -0.2) is 52.9 Å². The van der Waals surface area contributed by atoms with Crippen molar-refractivity contribution >= 4 is 29.1 Å². The highest BCUT2D eigenvalue weighted by Crippen LogP contribution is 2.32. The van der Waals surface area contributed by atoms with Gasteiger partial charge in [-0.1, -0.05) is 42.1 Å². The van der Waals surface area contributed by atoms with Gasteiger partial charge < -0.3 is 4.90 Å². The second kappa shape index (κ2) is 8.76. The van der Waals surface area contributed by atoms with E-state index in [0.717, 1.165) is 38.8 Å². The molecule has 1 aromatic rings. The molecule has 27 heavy (non-hydrogen) atoms. The quantitative estimate of drug-likeness (QED) is 0.536. The Morgan fingerprint density at radius 3 is 2.48 bits per heavy atom. The Balaban J connectivity index is 1.83. The van der Waals surface area contributed by atoms with E-state index in [2.05, 4.69) is 4.90 Å². The van der Waals surface area contributed by atoms with Gasteiger partial charge in [-0.2, -0.15) is 0 Å². The van der Waals surface area contributed by atoms with E-state index in [-0.39, 0.29) is 22.7 Å². The van der Waals surface area contributed by atoms with Crippen molar-refractivity contribution in [1.29, 1.82) is 0 Å². The zero-order chi connectivity index (χ0) is 19.6. The minimum Gasteiger partial charge on any atom is -0.335 e. The molecular weight excluding hydrogens is 389 g/mol. The lowest BCUT2D eigenvalue weighted by Crippen LogP contribution is -2.54. The topological polar surface area (TPSA) is 66.7 Å². The fourth-order valence-corrected chi connectivity index (χ4v) is 4.74. The largest absolute Gasteiger partial charge is 0.335 e. The predicted molar refractivity (Wildman–Crippen MR) is 106 cm³/mol. The molecule has 3 rings (SSSR count). The molecule has 1 saturated carbocycles. The molecule has 0 radical (unpaired) electrons. The summed E-state index contributed by atoms with van der Waals surface area (Å²) in [7, 11) is 1.70. The fourth-order valence-electron chi connectivity index (χ4n) is 4.44. The second-order valence-corrected chi connectivity index (χ2v) is 8.29. The standard InChI is InChI=1S/C19H25Cl2N3O3/c1-22(16-6-2-3-7-17(16)23-10-4-5-11-23)19(25)18(24(26)27)13-8-9-14(20)15(21)12-13/h8-9,12,16-18H,2-7,10-11H2,1H3/t16-,17-,18?/m1/s1. The molecule has 8 heteroatoms. The monoisotopic (exact) mass is 413 g/mol. The van der Waals surface area contributed by atoms with Crippen LogP contribution in [0.4, 0.5) is 0 Å². The van der Waals surface area contributed by atoms with Crippen LogP contribution < -0.4 is 0 Å². The fraction of sp³-hybridized carbons (Fsp3) is 0.632. The maximum absolute atomic E-state index is 13.1. The van der Waals surface area contributed by atoms with Crippen LogP contribution in [0.3, 0.4) is 0 Å². The van der Waals surface area contributed by atoms with Crippen molar-refractivity contribution in [2.24, 2.45) is 0 Å². The molecule has 6 nitrogen and oxygen atoms in total. The van der Waals surface area contributed by atoms with Gasteiger partial charge in [-0.3, -0.25) is 19.8 Å². The van der Waals surface area contributed by atoms with Crippen LogP contribution in [0.5, 0.6) is 0 Å². The first-order valence-electron chi connectivity index (χ1n) is 9.49. The third-order valence-electron chi connectivity index (χ3n) is 5.85. The van der Waals surface area contributed by atoms with E-state index in [1.165, 1.54) is 31.0 Å². The van der Waals surface area contributed by atoms with Gasteiger partial charge in [0.25, 0.3) is 0 Å². The first kappa shape index (κ1) is 20.4. The summed E-state index contributed by atoms with van der Waals surface area (Å²) in [4.78, 5) is 28.4. The Morgan fingerprint density at radius 2 is 1.85 bits per heavy atom. The molecule has 1 aliphatic carbocycles. The molecule has 148 valence electrons. The molecule has 1 aromatic carbocycles. The average Bonchev–Trinajstić information content (AvgIpc) is 3.18. The Hall–Kier alpha value is -1.37. The lowest BCUT2D eigenvalue weighted by atomic mass is 9.87. The summed E-state index contributed by atoms with van der Waals surface area (Å²) < 4.78 is 0. The number of benzene rings is 1. The highest BCUT2D eigenvalue weighted by molar-refractivity contribution is 6.42. The van der Waals surface area contributed by atoms with Gasteiger partial charge in [0.2, 0.25) is 0 Å². The first-order valence-corrected chi connectivity index (χ1v) is 10.2. The number of nitrogens with zero attached hydrogens (tertiary/aromatic N) is 3. The molecule has 1 amide bonds. The van der Waals surface area contributed by atoms with Crippen LogP contribution in [0.15, 0.2) is 18.2 Å². The van der Waals surface area contributed by atoms with E-state index in [4.69, 9.17) is 23.2 Å². The third kappa shape index (κ3) is 4.39. The zero-order valence-electron chi connectivity index (χ0n) is 15.4. The zero-order valence-corrected chi connectivity index (χ0v) is 17.0. The van der Waals surface area contributed by atoms with Gasteiger partial charge in [0.05, 0.1) is 10.0 Å². The van der Waals surface area contributed by atoms with Gasteiger partial charge in [0, 0.05) is 29.6 Å². The number of likely N-dealkylation sites (tertiary alicyclic amines) is 1. The van der Waals surface area contributed by atoms with Crippen molar-refractivity contribution in [2.75, 3.05) is 20.1 Å². The summed E-state index contributed by atoms with van der Waals surface area (Å²) in [6.07, 6.45) is 6.48. The van der Waals surface area contributed by atoms with Crippen LogP contribution in [0.1, 0.15) is 50.1 Å².